The van der Waals surface area contributed by atoms with Crippen LogP contribution in [-0.4, -0.2) is 21.1 Å². The zero-order valence-corrected chi connectivity index (χ0v) is 30.5. The van der Waals surface area contributed by atoms with Gasteiger partial charge in [0.15, 0.2) is 0 Å². The summed E-state index contributed by atoms with van der Waals surface area (Å²) in [6, 6.07) is 47.5. The Hall–Kier alpha value is -3.24. The van der Waals surface area contributed by atoms with Crippen LogP contribution >= 0.6 is 7.92 Å². The number of aromatic nitrogens is 1. The van der Waals surface area contributed by atoms with E-state index in [1.807, 2.05) is 0 Å². The molecule has 0 N–H and O–H groups in total. The number of pyridine rings is 1. The smallest absolute Gasteiger partial charge is 0.0943 e. The molecule has 0 fully saturated rings. The average Bonchev–Trinajstić information content (AvgIpc) is 3.03. The van der Waals surface area contributed by atoms with Gasteiger partial charge in [0, 0.05) is 20.1 Å². The van der Waals surface area contributed by atoms with Gasteiger partial charge in [-0.1, -0.05) is 130 Å². The summed E-state index contributed by atoms with van der Waals surface area (Å²) >= 11 is 0. The van der Waals surface area contributed by atoms with Crippen LogP contribution in [-0.2, 0) is 20.1 Å². The van der Waals surface area contributed by atoms with Crippen molar-refractivity contribution in [2.45, 2.75) is 26.2 Å². The number of nitrogens with zero attached hydrogens (tertiary/aromatic N) is 1. The third-order valence-corrected chi connectivity index (χ3v) is 20.3. The van der Waals surface area contributed by atoms with Gasteiger partial charge in [0.1, 0.15) is 0 Å². The first-order chi connectivity index (χ1) is 20.8. The predicted octanol–water partition coefficient (Wildman–Crippen LogP) is 6.04. The van der Waals surface area contributed by atoms with Gasteiger partial charge in [-0.15, -0.1) is 28.1 Å². The fourth-order valence-electron chi connectivity index (χ4n) is 7.57. The summed E-state index contributed by atoms with van der Waals surface area (Å²) in [6.45, 7) is 10.3. The summed E-state index contributed by atoms with van der Waals surface area (Å²) in [6.07, 6.45) is 0. The molecule has 1 unspecified atom stereocenters. The molecule has 9 rings (SSSR count). The number of rotatable bonds is 1. The second-order valence-electron chi connectivity index (χ2n) is 13.2. The van der Waals surface area contributed by atoms with E-state index in [0.717, 1.165) is 16.8 Å². The van der Waals surface area contributed by atoms with Crippen LogP contribution in [0.4, 0.5) is 0 Å². The van der Waals surface area contributed by atoms with Gasteiger partial charge in [0.05, 0.1) is 21.7 Å². The minimum atomic E-state index is -2.10. The molecule has 44 heavy (non-hydrogen) atoms. The van der Waals surface area contributed by atoms with Gasteiger partial charge in [0.2, 0.25) is 0 Å². The molecule has 0 aliphatic carbocycles. The molecular weight excluding hydrogens is 762 g/mol. The summed E-state index contributed by atoms with van der Waals surface area (Å²) < 4.78 is 0. The van der Waals surface area contributed by atoms with Gasteiger partial charge in [-0.3, -0.25) is 4.98 Å². The van der Waals surface area contributed by atoms with Gasteiger partial charge >= 0.3 is 0 Å². The summed E-state index contributed by atoms with van der Waals surface area (Å²) in [5.74, 6) is 0. The second kappa shape index (κ2) is 9.88. The van der Waals surface area contributed by atoms with E-state index in [2.05, 4.69) is 148 Å². The minimum absolute atomic E-state index is 0. The molecule has 1 nitrogen and oxygen atoms in total. The van der Waals surface area contributed by atoms with Gasteiger partial charge in [-0.05, 0) is 71.8 Å². The van der Waals surface area contributed by atoms with Crippen molar-refractivity contribution < 1.29 is 20.1 Å². The van der Waals surface area contributed by atoms with Crippen molar-refractivity contribution in [1.82, 2.24) is 4.98 Å². The van der Waals surface area contributed by atoms with Crippen molar-refractivity contribution in [3.63, 3.8) is 0 Å². The fourth-order valence-corrected chi connectivity index (χ4v) is 20.3. The standard InChI is InChI=1S/C39H31NPSi2.Ir/c1-42(2)35-21-28-14-7-5-12-26(28)19-33(35)41-34-20-27-13-6-8-15-29(27)22-36(34)43(3,4)38-24-30(23-37(42)39(38)41)32-18-17-25-11-9-10-16-31(25)40-32;/h5-23H,1-4H3;/q-1;. The molecule has 5 heteroatoms. The number of para-hydroxylation sites is 1. The van der Waals surface area contributed by atoms with Crippen molar-refractivity contribution in [3.8, 4) is 11.3 Å². The van der Waals surface area contributed by atoms with E-state index in [1.165, 1.54) is 32.1 Å². The van der Waals surface area contributed by atoms with Crippen LogP contribution in [0.3, 0.4) is 0 Å². The number of hydrogen-bond donors (Lipinski definition) is 0. The van der Waals surface area contributed by atoms with Crippen molar-refractivity contribution in [2.24, 2.45) is 0 Å². The molecule has 0 bridgehead atoms. The Labute approximate surface area is 275 Å². The van der Waals surface area contributed by atoms with Gasteiger partial charge < -0.3 is 0 Å². The molecule has 215 valence electrons. The summed E-state index contributed by atoms with van der Waals surface area (Å²) in [4.78, 5) is 5.18. The van der Waals surface area contributed by atoms with Crippen molar-refractivity contribution in [2.75, 3.05) is 0 Å². The molecule has 2 aliphatic heterocycles. The Morgan fingerprint density at radius 3 is 1.68 bits per heavy atom. The minimum Gasteiger partial charge on any atom is -0.296 e. The zero-order valence-electron chi connectivity index (χ0n) is 25.2. The molecule has 0 saturated carbocycles. The monoisotopic (exact) mass is 793 g/mol. The molecule has 1 radical (unpaired) electrons. The third-order valence-electron chi connectivity index (χ3n) is 9.99. The summed E-state index contributed by atoms with van der Waals surface area (Å²) in [7, 11) is -4.88. The quantitative estimate of drug-likeness (QED) is 0.113. The number of fused-ring (bicyclic) bond motifs is 7. The van der Waals surface area contributed by atoms with E-state index in [4.69, 9.17) is 4.98 Å². The number of hydrogen-bond acceptors (Lipinski definition) is 1. The van der Waals surface area contributed by atoms with Crippen LogP contribution in [0, 0.1) is 6.07 Å². The maximum atomic E-state index is 5.18. The summed E-state index contributed by atoms with van der Waals surface area (Å²) in [5.41, 5.74) is 3.23. The maximum absolute atomic E-state index is 5.18. The van der Waals surface area contributed by atoms with Crippen LogP contribution in [0.2, 0.25) is 26.2 Å². The molecule has 2 aliphatic rings. The molecule has 3 heterocycles. The Morgan fingerprint density at radius 2 is 1.07 bits per heavy atom. The largest absolute Gasteiger partial charge is 0.296 e. The molecule has 0 spiro atoms. The van der Waals surface area contributed by atoms with Crippen molar-refractivity contribution in [3.05, 3.63) is 121 Å². The number of benzene rings is 6. The second-order valence-corrected chi connectivity index (χ2v) is 23.9. The van der Waals surface area contributed by atoms with Crippen LogP contribution in [0.15, 0.2) is 115 Å². The first kappa shape index (κ1) is 28.3. The van der Waals surface area contributed by atoms with E-state index in [9.17, 15) is 0 Å². The molecule has 1 aromatic heterocycles. The zero-order chi connectivity index (χ0) is 29.1. The molecule has 0 saturated heterocycles. The van der Waals surface area contributed by atoms with E-state index >= 15 is 0 Å². The molecule has 1 atom stereocenters. The molecule has 6 aromatic carbocycles. The van der Waals surface area contributed by atoms with E-state index < -0.39 is 24.1 Å². The molecule has 7 aromatic rings. The van der Waals surface area contributed by atoms with Crippen LogP contribution in [0.25, 0.3) is 43.7 Å². The van der Waals surface area contributed by atoms with E-state index in [1.54, 1.807) is 31.5 Å². The average molecular weight is 793 g/mol. The first-order valence-electron chi connectivity index (χ1n) is 15.1. The Bertz CT molecular complexity index is 2210. The predicted molar refractivity (Wildman–Crippen MR) is 193 cm³/mol. The Morgan fingerprint density at radius 1 is 0.545 bits per heavy atom. The van der Waals surface area contributed by atoms with Gasteiger partial charge in [0.25, 0.3) is 0 Å². The van der Waals surface area contributed by atoms with Crippen LogP contribution in [0.1, 0.15) is 0 Å². The SMILES string of the molecule is C[Si]1(C)c2[c-]c(-c3ccc4ccccc4n3)cc3c2P(c2cc4ccccc4cc21)c1cc2ccccc2cc1[Si]3(C)C.[Ir]. The fraction of sp³-hybridized carbons (Fsp3) is 0.103. The van der Waals surface area contributed by atoms with Gasteiger partial charge in [-0.25, -0.2) is 0 Å². The van der Waals surface area contributed by atoms with E-state index in [0.29, 0.717) is 0 Å². The molecular formula is C39H31IrNPSi2-. The van der Waals surface area contributed by atoms with Crippen molar-refractivity contribution in [1.29, 1.82) is 0 Å². The van der Waals surface area contributed by atoms with Gasteiger partial charge in [-0.2, -0.15) is 0 Å². The normalized spacial score (nSPS) is 17.0. The Kier molecular flexibility index (Phi) is 6.34. The first-order valence-corrected chi connectivity index (χ1v) is 22.5. The summed E-state index contributed by atoms with van der Waals surface area (Å²) in [5, 5.41) is 17.6. The third kappa shape index (κ3) is 3.92. The maximum Gasteiger partial charge on any atom is 0.0943 e. The Balaban J connectivity index is 0.00000289. The topological polar surface area (TPSA) is 12.9 Å². The molecule has 0 amide bonds. The van der Waals surface area contributed by atoms with Crippen LogP contribution in [0.5, 0.6) is 0 Å². The van der Waals surface area contributed by atoms with Crippen LogP contribution < -0.4 is 36.7 Å². The van der Waals surface area contributed by atoms with E-state index in [-0.39, 0.29) is 20.1 Å². The van der Waals surface area contributed by atoms with Crippen molar-refractivity contribution >= 4 is 93.2 Å².